The molecule has 0 unspecified atom stereocenters. The molecule has 0 fully saturated rings. The third kappa shape index (κ3) is 1.19. The van der Waals surface area contributed by atoms with Crippen LogP contribution >= 0.6 is 0 Å². The quantitative estimate of drug-likeness (QED) is 0.556. The van der Waals surface area contributed by atoms with Gasteiger partial charge in [0.2, 0.25) is 0 Å². The lowest BCUT2D eigenvalue weighted by Crippen LogP contribution is -1.90. The van der Waals surface area contributed by atoms with Gasteiger partial charge >= 0.3 is 0 Å². The molecule has 4 nitrogen and oxygen atoms in total. The van der Waals surface area contributed by atoms with Crippen LogP contribution in [0, 0.1) is 0 Å². The van der Waals surface area contributed by atoms with Crippen molar-refractivity contribution in [1.29, 1.82) is 0 Å². The summed E-state index contributed by atoms with van der Waals surface area (Å²) in [6.07, 6.45) is 4.97. The summed E-state index contributed by atoms with van der Waals surface area (Å²) in [5.74, 6) is 0. The van der Waals surface area contributed by atoms with Gasteiger partial charge in [0.1, 0.15) is 5.52 Å². The fraction of sp³-hybridized carbons (Fsp3) is 0. The molecule has 0 atom stereocenters. The number of hydrogen-bond acceptors (Lipinski definition) is 4. The summed E-state index contributed by atoms with van der Waals surface area (Å²) in [5, 5.41) is 0.989. The summed E-state index contributed by atoms with van der Waals surface area (Å²) in [4.78, 5) is 12.8. The number of hydrogen-bond donors (Lipinski definition) is 1. The Morgan fingerprint density at radius 1 is 0.933 bits per heavy atom. The van der Waals surface area contributed by atoms with Crippen LogP contribution in [0.2, 0.25) is 0 Å². The lowest BCUT2D eigenvalue weighted by atomic mass is 10.2. The summed E-state index contributed by atoms with van der Waals surface area (Å²) < 4.78 is 0. The summed E-state index contributed by atoms with van der Waals surface area (Å²) in [7, 11) is 0. The van der Waals surface area contributed by atoms with Gasteiger partial charge in [-0.15, -0.1) is 0 Å². The van der Waals surface area contributed by atoms with Gasteiger partial charge in [0, 0.05) is 17.8 Å². The molecule has 0 saturated carbocycles. The Morgan fingerprint density at radius 2 is 1.80 bits per heavy atom. The van der Waals surface area contributed by atoms with Crippen LogP contribution in [0.1, 0.15) is 0 Å². The number of anilines is 1. The van der Waals surface area contributed by atoms with Crippen molar-refractivity contribution in [2.75, 3.05) is 5.73 Å². The second-order valence-electron chi connectivity index (χ2n) is 3.33. The second kappa shape index (κ2) is 2.88. The molecule has 0 aliphatic carbocycles. The molecule has 2 N–H and O–H groups in total. The van der Waals surface area contributed by atoms with Gasteiger partial charge in [-0.1, -0.05) is 6.07 Å². The molecule has 0 bridgehead atoms. The SMILES string of the molecule is Nc1cnc2c(ccc3nccnc32)c1. The first-order valence-corrected chi connectivity index (χ1v) is 4.59. The van der Waals surface area contributed by atoms with Gasteiger partial charge in [-0.3, -0.25) is 15.0 Å². The number of pyridine rings is 1. The molecule has 0 aliphatic rings. The van der Waals surface area contributed by atoms with Crippen molar-refractivity contribution in [3.05, 3.63) is 36.8 Å². The van der Waals surface area contributed by atoms with E-state index in [0.717, 1.165) is 21.9 Å². The van der Waals surface area contributed by atoms with Crippen molar-refractivity contribution in [3.63, 3.8) is 0 Å². The third-order valence-electron chi connectivity index (χ3n) is 2.31. The summed E-state index contributed by atoms with van der Waals surface area (Å²) in [5.41, 5.74) is 8.83. The number of benzene rings is 1. The van der Waals surface area contributed by atoms with Gasteiger partial charge in [-0.2, -0.15) is 0 Å². The Balaban J connectivity index is 2.55. The van der Waals surface area contributed by atoms with Crippen LogP contribution in [-0.4, -0.2) is 15.0 Å². The van der Waals surface area contributed by atoms with Crippen molar-refractivity contribution < 1.29 is 0 Å². The largest absolute Gasteiger partial charge is 0.397 e. The van der Waals surface area contributed by atoms with E-state index in [-0.39, 0.29) is 0 Å². The molecule has 0 amide bonds. The molecule has 0 spiro atoms. The van der Waals surface area contributed by atoms with Crippen LogP contribution in [0.3, 0.4) is 0 Å². The summed E-state index contributed by atoms with van der Waals surface area (Å²) >= 11 is 0. The number of aromatic nitrogens is 3. The number of fused-ring (bicyclic) bond motifs is 3. The smallest absolute Gasteiger partial charge is 0.115 e. The Labute approximate surface area is 85.8 Å². The zero-order valence-corrected chi connectivity index (χ0v) is 7.88. The topological polar surface area (TPSA) is 64.7 Å². The Hall–Kier alpha value is -2.23. The standard InChI is InChI=1S/C11H8N4/c12-8-5-7-1-2-9-11(10(7)15-6-8)14-4-3-13-9/h1-6H,12H2. The molecule has 2 aromatic heterocycles. The predicted octanol–water partition coefficient (Wildman–Crippen LogP) is 1.76. The van der Waals surface area contributed by atoms with E-state index in [9.17, 15) is 0 Å². The molecule has 3 aromatic rings. The number of rotatable bonds is 0. The molecule has 1 aromatic carbocycles. The first kappa shape index (κ1) is 8.11. The minimum atomic E-state index is 0.658. The highest BCUT2D eigenvalue weighted by atomic mass is 14.8. The van der Waals surface area contributed by atoms with Gasteiger partial charge in [-0.25, -0.2) is 0 Å². The van der Waals surface area contributed by atoms with Crippen molar-refractivity contribution in [3.8, 4) is 0 Å². The zero-order valence-electron chi connectivity index (χ0n) is 7.88. The van der Waals surface area contributed by atoms with Crippen LogP contribution in [0.25, 0.3) is 21.9 Å². The highest BCUT2D eigenvalue weighted by Crippen LogP contribution is 2.21. The number of nitrogens with two attached hydrogens (primary N) is 1. The van der Waals surface area contributed by atoms with E-state index < -0.39 is 0 Å². The van der Waals surface area contributed by atoms with Gasteiger partial charge in [0.25, 0.3) is 0 Å². The normalized spacial score (nSPS) is 10.9. The molecule has 4 heteroatoms. The summed E-state index contributed by atoms with van der Waals surface area (Å²) in [6, 6.07) is 5.76. The minimum Gasteiger partial charge on any atom is -0.397 e. The van der Waals surface area contributed by atoms with Crippen molar-refractivity contribution in [2.24, 2.45) is 0 Å². The number of nitrogens with zero attached hydrogens (tertiary/aromatic N) is 3. The van der Waals surface area contributed by atoms with E-state index >= 15 is 0 Å². The molecule has 0 aliphatic heterocycles. The summed E-state index contributed by atoms with van der Waals surface area (Å²) in [6.45, 7) is 0. The fourth-order valence-corrected chi connectivity index (χ4v) is 1.65. The molecule has 15 heavy (non-hydrogen) atoms. The van der Waals surface area contributed by atoms with Gasteiger partial charge in [0.15, 0.2) is 0 Å². The highest BCUT2D eigenvalue weighted by Gasteiger charge is 2.02. The predicted molar refractivity (Wildman–Crippen MR) is 59.3 cm³/mol. The Kier molecular flexibility index (Phi) is 1.56. The average Bonchev–Trinajstić information content (AvgIpc) is 2.28. The maximum Gasteiger partial charge on any atom is 0.115 e. The molecular weight excluding hydrogens is 188 g/mol. The van der Waals surface area contributed by atoms with E-state index in [1.165, 1.54) is 0 Å². The van der Waals surface area contributed by atoms with E-state index in [1.807, 2.05) is 18.2 Å². The Bertz CT molecular complexity index is 648. The Morgan fingerprint density at radius 3 is 2.73 bits per heavy atom. The lowest BCUT2D eigenvalue weighted by Gasteiger charge is -2.01. The molecule has 72 valence electrons. The number of nitrogen functional groups attached to an aromatic ring is 1. The van der Waals surface area contributed by atoms with Crippen molar-refractivity contribution in [2.45, 2.75) is 0 Å². The van der Waals surface area contributed by atoms with Crippen LogP contribution in [0.15, 0.2) is 36.8 Å². The maximum absolute atomic E-state index is 5.67. The van der Waals surface area contributed by atoms with E-state index in [0.29, 0.717) is 5.69 Å². The first-order chi connectivity index (χ1) is 7.34. The first-order valence-electron chi connectivity index (χ1n) is 4.59. The van der Waals surface area contributed by atoms with E-state index in [4.69, 9.17) is 5.73 Å². The highest BCUT2D eigenvalue weighted by molar-refractivity contribution is 6.01. The molecular formula is C11H8N4. The van der Waals surface area contributed by atoms with Crippen LogP contribution in [0.4, 0.5) is 5.69 Å². The molecule has 0 saturated heterocycles. The van der Waals surface area contributed by atoms with Crippen molar-refractivity contribution in [1.82, 2.24) is 15.0 Å². The van der Waals surface area contributed by atoms with Crippen LogP contribution < -0.4 is 5.73 Å². The van der Waals surface area contributed by atoms with Crippen LogP contribution in [0.5, 0.6) is 0 Å². The third-order valence-corrected chi connectivity index (χ3v) is 2.31. The zero-order chi connectivity index (χ0) is 10.3. The van der Waals surface area contributed by atoms with Crippen LogP contribution in [-0.2, 0) is 0 Å². The minimum absolute atomic E-state index is 0.658. The second-order valence-corrected chi connectivity index (χ2v) is 3.33. The fourth-order valence-electron chi connectivity index (χ4n) is 1.65. The molecule has 0 radical (unpaired) electrons. The molecule has 3 rings (SSSR count). The van der Waals surface area contributed by atoms with Crippen molar-refractivity contribution >= 4 is 27.6 Å². The van der Waals surface area contributed by atoms with E-state index in [1.54, 1.807) is 18.6 Å². The molecule has 2 heterocycles. The van der Waals surface area contributed by atoms with Gasteiger partial charge in [-0.05, 0) is 12.1 Å². The average molecular weight is 196 g/mol. The monoisotopic (exact) mass is 196 g/mol. The maximum atomic E-state index is 5.67. The van der Waals surface area contributed by atoms with E-state index in [2.05, 4.69) is 15.0 Å². The van der Waals surface area contributed by atoms with Gasteiger partial charge in [0.05, 0.1) is 22.9 Å². The lowest BCUT2D eigenvalue weighted by molar-refractivity contribution is 1.29. The van der Waals surface area contributed by atoms with Gasteiger partial charge < -0.3 is 5.73 Å².